The van der Waals surface area contributed by atoms with E-state index < -0.39 is 0 Å². The van der Waals surface area contributed by atoms with Gasteiger partial charge in [-0.3, -0.25) is 4.79 Å². The standard InChI is InChI=1S/C18H17N3O3/c22-15(14-4-6-16-17(9-14)24-12-23-16)5-3-13-10-19-18(20-11-13)21-7-1-2-8-21/h3-6,9-11H,1-2,7-8,12H2. The molecule has 0 saturated carbocycles. The van der Waals surface area contributed by atoms with Crippen molar-refractivity contribution in [2.24, 2.45) is 0 Å². The number of carbonyl (C=O) groups is 1. The van der Waals surface area contributed by atoms with Gasteiger partial charge in [0.1, 0.15) is 0 Å². The number of aromatic nitrogens is 2. The van der Waals surface area contributed by atoms with Crippen LogP contribution in [0, 0.1) is 0 Å². The first-order valence-corrected chi connectivity index (χ1v) is 7.99. The molecule has 122 valence electrons. The molecule has 0 N–H and O–H groups in total. The Bertz CT molecular complexity index is 781. The minimum Gasteiger partial charge on any atom is -0.454 e. The third-order valence-electron chi connectivity index (χ3n) is 4.13. The predicted molar refractivity (Wildman–Crippen MR) is 89.4 cm³/mol. The monoisotopic (exact) mass is 323 g/mol. The number of ketones is 1. The highest BCUT2D eigenvalue weighted by molar-refractivity contribution is 6.07. The molecule has 1 saturated heterocycles. The average Bonchev–Trinajstić information content (AvgIpc) is 3.30. The molecule has 0 amide bonds. The smallest absolute Gasteiger partial charge is 0.231 e. The number of rotatable bonds is 4. The summed E-state index contributed by atoms with van der Waals surface area (Å²) in [6, 6.07) is 5.17. The van der Waals surface area contributed by atoms with E-state index in [9.17, 15) is 4.79 Å². The average molecular weight is 323 g/mol. The van der Waals surface area contributed by atoms with Crippen molar-refractivity contribution in [2.75, 3.05) is 24.8 Å². The molecule has 0 aliphatic carbocycles. The second-order valence-electron chi connectivity index (χ2n) is 5.78. The van der Waals surface area contributed by atoms with E-state index in [2.05, 4.69) is 14.9 Å². The van der Waals surface area contributed by atoms with Crippen molar-refractivity contribution in [1.29, 1.82) is 0 Å². The van der Waals surface area contributed by atoms with Gasteiger partial charge in [-0.05, 0) is 43.2 Å². The normalized spacial score (nSPS) is 16.1. The van der Waals surface area contributed by atoms with Gasteiger partial charge in [0.05, 0.1) is 0 Å². The summed E-state index contributed by atoms with van der Waals surface area (Å²) in [5.41, 5.74) is 1.36. The molecule has 0 radical (unpaired) electrons. The number of ether oxygens (including phenoxy) is 2. The second kappa shape index (κ2) is 6.31. The van der Waals surface area contributed by atoms with Gasteiger partial charge in [-0.15, -0.1) is 0 Å². The number of carbonyl (C=O) groups excluding carboxylic acids is 1. The van der Waals surface area contributed by atoms with E-state index in [1.807, 2.05) is 0 Å². The molecule has 1 aromatic carbocycles. The Hall–Kier alpha value is -2.89. The van der Waals surface area contributed by atoms with Gasteiger partial charge >= 0.3 is 0 Å². The zero-order chi connectivity index (χ0) is 16.4. The summed E-state index contributed by atoms with van der Waals surface area (Å²) in [5.74, 6) is 1.93. The van der Waals surface area contributed by atoms with Gasteiger partial charge in [0.2, 0.25) is 12.7 Å². The molecule has 0 unspecified atom stereocenters. The van der Waals surface area contributed by atoms with E-state index >= 15 is 0 Å². The van der Waals surface area contributed by atoms with Gasteiger partial charge < -0.3 is 14.4 Å². The maximum atomic E-state index is 12.3. The van der Waals surface area contributed by atoms with Gasteiger partial charge in [-0.1, -0.05) is 0 Å². The van der Waals surface area contributed by atoms with Crippen LogP contribution in [0.4, 0.5) is 5.95 Å². The Morgan fingerprint density at radius 1 is 1.08 bits per heavy atom. The molecular formula is C18H17N3O3. The van der Waals surface area contributed by atoms with E-state index in [-0.39, 0.29) is 12.6 Å². The van der Waals surface area contributed by atoms with E-state index in [0.717, 1.165) is 24.6 Å². The molecule has 24 heavy (non-hydrogen) atoms. The molecule has 2 aliphatic rings. The third-order valence-corrected chi connectivity index (χ3v) is 4.13. The molecule has 2 aliphatic heterocycles. The molecule has 0 atom stereocenters. The van der Waals surface area contributed by atoms with Crippen molar-refractivity contribution in [1.82, 2.24) is 9.97 Å². The van der Waals surface area contributed by atoms with Gasteiger partial charge in [0.25, 0.3) is 0 Å². The molecule has 2 aromatic rings. The van der Waals surface area contributed by atoms with Crippen LogP contribution in [0.2, 0.25) is 0 Å². The number of benzene rings is 1. The highest BCUT2D eigenvalue weighted by atomic mass is 16.7. The maximum absolute atomic E-state index is 12.3. The van der Waals surface area contributed by atoms with Crippen molar-refractivity contribution >= 4 is 17.8 Å². The fourth-order valence-corrected chi connectivity index (χ4v) is 2.82. The molecular weight excluding hydrogens is 306 g/mol. The number of hydrogen-bond acceptors (Lipinski definition) is 6. The quantitative estimate of drug-likeness (QED) is 0.637. The predicted octanol–water partition coefficient (Wildman–Crippen LogP) is 2.70. The molecule has 0 spiro atoms. The summed E-state index contributed by atoms with van der Waals surface area (Å²) in [6.07, 6.45) is 9.10. The molecule has 3 heterocycles. The van der Waals surface area contributed by atoms with Crippen LogP contribution < -0.4 is 14.4 Å². The summed E-state index contributed by atoms with van der Waals surface area (Å²) < 4.78 is 10.5. The lowest BCUT2D eigenvalue weighted by Gasteiger charge is -2.14. The van der Waals surface area contributed by atoms with Crippen molar-refractivity contribution in [3.8, 4) is 11.5 Å². The zero-order valence-corrected chi connectivity index (χ0v) is 13.1. The summed E-state index contributed by atoms with van der Waals surface area (Å²) in [4.78, 5) is 23.2. The van der Waals surface area contributed by atoms with Crippen LogP contribution in [0.5, 0.6) is 11.5 Å². The molecule has 4 rings (SSSR count). The number of nitrogens with zero attached hydrogens (tertiary/aromatic N) is 3. The van der Waals surface area contributed by atoms with Gasteiger partial charge in [-0.2, -0.15) is 0 Å². The Labute approximate surface area is 139 Å². The second-order valence-corrected chi connectivity index (χ2v) is 5.78. The lowest BCUT2D eigenvalue weighted by atomic mass is 10.1. The van der Waals surface area contributed by atoms with Gasteiger partial charge in [0.15, 0.2) is 17.3 Å². The van der Waals surface area contributed by atoms with Gasteiger partial charge in [-0.25, -0.2) is 9.97 Å². The summed E-state index contributed by atoms with van der Waals surface area (Å²) in [7, 11) is 0. The van der Waals surface area contributed by atoms with Gasteiger partial charge in [0, 0.05) is 36.6 Å². The molecule has 1 fully saturated rings. The summed E-state index contributed by atoms with van der Waals surface area (Å²) in [6.45, 7) is 2.22. The first-order chi connectivity index (χ1) is 11.8. The van der Waals surface area contributed by atoms with Crippen molar-refractivity contribution in [2.45, 2.75) is 12.8 Å². The molecule has 1 aromatic heterocycles. The molecule has 0 bridgehead atoms. The SMILES string of the molecule is O=C(C=Cc1cnc(N2CCCC2)nc1)c1ccc2c(c1)OCO2. The Kier molecular flexibility index (Phi) is 3.86. The fourth-order valence-electron chi connectivity index (χ4n) is 2.82. The Morgan fingerprint density at radius 2 is 1.83 bits per heavy atom. The minimum absolute atomic E-state index is 0.100. The lowest BCUT2D eigenvalue weighted by Crippen LogP contribution is -2.20. The number of hydrogen-bond donors (Lipinski definition) is 0. The van der Waals surface area contributed by atoms with Crippen LogP contribution in [0.1, 0.15) is 28.8 Å². The lowest BCUT2D eigenvalue weighted by molar-refractivity contribution is 0.104. The third kappa shape index (κ3) is 2.95. The highest BCUT2D eigenvalue weighted by Crippen LogP contribution is 2.32. The zero-order valence-electron chi connectivity index (χ0n) is 13.1. The number of allylic oxidation sites excluding steroid dienone is 1. The molecule has 6 nitrogen and oxygen atoms in total. The van der Waals surface area contributed by atoms with Crippen LogP contribution in [-0.4, -0.2) is 35.6 Å². The number of fused-ring (bicyclic) bond motifs is 1. The molecule has 6 heteroatoms. The number of anilines is 1. The van der Waals surface area contributed by atoms with Crippen LogP contribution >= 0.6 is 0 Å². The topological polar surface area (TPSA) is 64.6 Å². The largest absolute Gasteiger partial charge is 0.454 e. The van der Waals surface area contributed by atoms with E-state index in [0.29, 0.717) is 17.1 Å². The maximum Gasteiger partial charge on any atom is 0.231 e. The Balaban J connectivity index is 1.45. The van der Waals surface area contributed by atoms with E-state index in [1.165, 1.54) is 18.9 Å². The highest BCUT2D eigenvalue weighted by Gasteiger charge is 2.15. The minimum atomic E-state index is -0.100. The summed E-state index contributed by atoms with van der Waals surface area (Å²) in [5, 5.41) is 0. The Morgan fingerprint density at radius 3 is 2.62 bits per heavy atom. The van der Waals surface area contributed by atoms with E-state index in [1.54, 1.807) is 36.7 Å². The first kappa shape index (κ1) is 14.7. The van der Waals surface area contributed by atoms with Crippen LogP contribution in [0.15, 0.2) is 36.7 Å². The summed E-state index contributed by atoms with van der Waals surface area (Å²) >= 11 is 0. The van der Waals surface area contributed by atoms with Crippen LogP contribution in [-0.2, 0) is 0 Å². The van der Waals surface area contributed by atoms with Crippen molar-refractivity contribution in [3.63, 3.8) is 0 Å². The van der Waals surface area contributed by atoms with Crippen LogP contribution in [0.25, 0.3) is 6.08 Å². The van der Waals surface area contributed by atoms with E-state index in [4.69, 9.17) is 9.47 Å². The first-order valence-electron chi connectivity index (χ1n) is 7.99. The fraction of sp³-hybridized carbons (Fsp3) is 0.278. The van der Waals surface area contributed by atoms with Crippen LogP contribution in [0.3, 0.4) is 0 Å². The van der Waals surface area contributed by atoms with Crippen molar-refractivity contribution < 1.29 is 14.3 Å². The van der Waals surface area contributed by atoms with Crippen molar-refractivity contribution in [3.05, 3.63) is 47.8 Å².